The predicted octanol–water partition coefficient (Wildman–Crippen LogP) is 4.51. The maximum atomic E-state index is 13.5. The van der Waals surface area contributed by atoms with Crippen LogP contribution in [0.2, 0.25) is 0 Å². The highest BCUT2D eigenvalue weighted by Crippen LogP contribution is 2.42. The number of aryl methyl sites for hydroxylation is 2. The molecule has 2 N–H and O–H groups in total. The van der Waals surface area contributed by atoms with Crippen LogP contribution in [-0.4, -0.2) is 17.8 Å². The van der Waals surface area contributed by atoms with Gasteiger partial charge in [-0.25, -0.2) is 0 Å². The Morgan fingerprint density at radius 3 is 2.52 bits per heavy atom. The summed E-state index contributed by atoms with van der Waals surface area (Å²) in [7, 11) is 0. The number of hydrogen-bond acceptors (Lipinski definition) is 5. The standard InChI is InChI=1S/C23H20N2O4/c1-13-9-15(10-14(2)21(13)26)22-24-18-6-4-3-5-17(18)23(27)25(22)16-7-8-19-20(11-16)29-12-28-19/h3-11,22,24,26H,12H2,1-2H3. The van der Waals surface area contributed by atoms with Crippen LogP contribution in [0, 0.1) is 13.8 Å². The number of rotatable bonds is 2. The summed E-state index contributed by atoms with van der Waals surface area (Å²) >= 11 is 0. The molecule has 29 heavy (non-hydrogen) atoms. The lowest BCUT2D eigenvalue weighted by atomic mass is 9.99. The number of phenols is 1. The second kappa shape index (κ2) is 6.44. The Morgan fingerprint density at radius 2 is 1.72 bits per heavy atom. The first-order chi connectivity index (χ1) is 14.0. The Balaban J connectivity index is 1.67. The molecule has 0 aliphatic carbocycles. The minimum atomic E-state index is -0.434. The molecule has 3 aromatic rings. The molecule has 1 unspecified atom stereocenters. The summed E-state index contributed by atoms with van der Waals surface area (Å²) in [5.41, 5.74) is 4.50. The molecule has 6 heteroatoms. The van der Waals surface area contributed by atoms with E-state index in [0.29, 0.717) is 22.7 Å². The van der Waals surface area contributed by atoms with E-state index in [0.717, 1.165) is 22.4 Å². The summed E-state index contributed by atoms with van der Waals surface area (Å²) in [5.74, 6) is 1.45. The van der Waals surface area contributed by atoms with Gasteiger partial charge in [-0.05, 0) is 66.9 Å². The molecule has 6 nitrogen and oxygen atoms in total. The fourth-order valence-electron chi connectivity index (χ4n) is 3.94. The van der Waals surface area contributed by atoms with Gasteiger partial charge in [0.25, 0.3) is 5.91 Å². The van der Waals surface area contributed by atoms with Gasteiger partial charge in [0.05, 0.1) is 11.3 Å². The number of anilines is 2. The Morgan fingerprint density at radius 1 is 1.00 bits per heavy atom. The fraction of sp³-hybridized carbons (Fsp3) is 0.174. The zero-order valence-electron chi connectivity index (χ0n) is 16.1. The summed E-state index contributed by atoms with van der Waals surface area (Å²) in [4.78, 5) is 15.2. The maximum absolute atomic E-state index is 13.5. The van der Waals surface area contributed by atoms with Crippen LogP contribution in [-0.2, 0) is 0 Å². The molecule has 2 heterocycles. The van der Waals surface area contributed by atoms with Gasteiger partial charge >= 0.3 is 0 Å². The number of carbonyl (C=O) groups excluding carboxylic acids is 1. The van der Waals surface area contributed by atoms with E-state index in [1.807, 2.05) is 68.4 Å². The normalized spacial score (nSPS) is 17.1. The topological polar surface area (TPSA) is 71.0 Å². The van der Waals surface area contributed by atoms with E-state index >= 15 is 0 Å². The molecule has 0 fully saturated rings. The van der Waals surface area contributed by atoms with Crippen molar-refractivity contribution in [2.24, 2.45) is 0 Å². The molecule has 146 valence electrons. The molecule has 2 aliphatic rings. The van der Waals surface area contributed by atoms with Gasteiger partial charge in [0, 0.05) is 11.8 Å². The molecule has 1 atom stereocenters. The number of amides is 1. The smallest absolute Gasteiger partial charge is 0.262 e. The van der Waals surface area contributed by atoms with Crippen LogP contribution >= 0.6 is 0 Å². The molecule has 0 spiro atoms. The first-order valence-corrected chi connectivity index (χ1v) is 9.42. The van der Waals surface area contributed by atoms with Crippen molar-refractivity contribution in [2.45, 2.75) is 20.0 Å². The molecule has 0 bridgehead atoms. The molecule has 3 aromatic carbocycles. The van der Waals surface area contributed by atoms with Crippen LogP contribution in [0.15, 0.2) is 54.6 Å². The SMILES string of the molecule is Cc1cc(C2Nc3ccccc3C(=O)N2c2ccc3c(c2)OCO3)cc(C)c1O. The van der Waals surface area contributed by atoms with Crippen LogP contribution in [0.25, 0.3) is 0 Å². The lowest BCUT2D eigenvalue weighted by Gasteiger charge is -2.38. The summed E-state index contributed by atoms with van der Waals surface area (Å²) in [6.45, 7) is 3.89. The molecule has 0 saturated heterocycles. The highest BCUT2D eigenvalue weighted by molar-refractivity contribution is 6.12. The van der Waals surface area contributed by atoms with Crippen LogP contribution in [0.4, 0.5) is 11.4 Å². The average molecular weight is 388 g/mol. The number of phenolic OH excluding ortho intramolecular Hbond substituents is 1. The van der Waals surface area contributed by atoms with Crippen LogP contribution in [0.3, 0.4) is 0 Å². The largest absolute Gasteiger partial charge is 0.507 e. The van der Waals surface area contributed by atoms with Crippen molar-refractivity contribution in [2.75, 3.05) is 17.0 Å². The number of nitrogens with zero attached hydrogens (tertiary/aromatic N) is 1. The summed E-state index contributed by atoms with van der Waals surface area (Å²) in [6.07, 6.45) is -0.434. The van der Waals surface area contributed by atoms with Gasteiger partial charge in [-0.15, -0.1) is 0 Å². The fourth-order valence-corrected chi connectivity index (χ4v) is 3.94. The molecule has 5 rings (SSSR count). The number of ether oxygens (including phenoxy) is 2. The molecule has 0 radical (unpaired) electrons. The first-order valence-electron chi connectivity index (χ1n) is 9.42. The van der Waals surface area contributed by atoms with Gasteiger partial charge in [-0.1, -0.05) is 12.1 Å². The second-order valence-electron chi connectivity index (χ2n) is 7.31. The van der Waals surface area contributed by atoms with E-state index < -0.39 is 6.17 Å². The van der Waals surface area contributed by atoms with Gasteiger partial charge in [-0.2, -0.15) is 0 Å². The van der Waals surface area contributed by atoms with Crippen LogP contribution in [0.5, 0.6) is 17.2 Å². The van der Waals surface area contributed by atoms with Crippen LogP contribution in [0.1, 0.15) is 33.2 Å². The average Bonchev–Trinajstić information content (AvgIpc) is 3.19. The Bertz CT molecular complexity index is 1120. The number of aromatic hydroxyl groups is 1. The van der Waals surface area contributed by atoms with Gasteiger partial charge in [0.15, 0.2) is 11.5 Å². The van der Waals surface area contributed by atoms with E-state index in [2.05, 4.69) is 5.32 Å². The number of benzene rings is 3. The van der Waals surface area contributed by atoms with Gasteiger partial charge in [-0.3, -0.25) is 9.69 Å². The Hall–Kier alpha value is -3.67. The van der Waals surface area contributed by atoms with E-state index in [1.165, 1.54) is 0 Å². The van der Waals surface area contributed by atoms with Gasteiger partial charge in [0.1, 0.15) is 11.9 Å². The molecule has 0 saturated carbocycles. The van der Waals surface area contributed by atoms with Crippen molar-refractivity contribution in [1.82, 2.24) is 0 Å². The number of carbonyl (C=O) groups is 1. The van der Waals surface area contributed by atoms with Crippen molar-refractivity contribution in [3.8, 4) is 17.2 Å². The van der Waals surface area contributed by atoms with Crippen molar-refractivity contribution >= 4 is 17.3 Å². The number of para-hydroxylation sites is 1. The Kier molecular flexibility index (Phi) is 3.87. The lowest BCUT2D eigenvalue weighted by molar-refractivity contribution is 0.0975. The van der Waals surface area contributed by atoms with Crippen LogP contribution < -0.4 is 19.7 Å². The third-order valence-electron chi connectivity index (χ3n) is 5.39. The van der Waals surface area contributed by atoms with E-state index in [9.17, 15) is 9.90 Å². The summed E-state index contributed by atoms with van der Waals surface area (Å²) < 4.78 is 10.9. The number of nitrogens with one attached hydrogen (secondary N) is 1. The molecule has 0 aromatic heterocycles. The lowest BCUT2D eigenvalue weighted by Crippen LogP contribution is -2.43. The summed E-state index contributed by atoms with van der Waals surface area (Å²) in [5, 5.41) is 13.7. The van der Waals surface area contributed by atoms with Crippen molar-refractivity contribution < 1.29 is 19.4 Å². The maximum Gasteiger partial charge on any atom is 0.262 e. The Labute approximate surface area is 168 Å². The minimum absolute atomic E-state index is 0.105. The van der Waals surface area contributed by atoms with E-state index in [1.54, 1.807) is 4.90 Å². The second-order valence-corrected chi connectivity index (χ2v) is 7.31. The van der Waals surface area contributed by atoms with Crippen molar-refractivity contribution in [3.05, 3.63) is 76.9 Å². The van der Waals surface area contributed by atoms with Gasteiger partial charge < -0.3 is 19.9 Å². The van der Waals surface area contributed by atoms with Crippen molar-refractivity contribution in [3.63, 3.8) is 0 Å². The molecular weight excluding hydrogens is 368 g/mol. The summed E-state index contributed by atoms with van der Waals surface area (Å²) in [6, 6.07) is 16.8. The van der Waals surface area contributed by atoms with Gasteiger partial charge in [0.2, 0.25) is 6.79 Å². The molecule has 2 aliphatic heterocycles. The highest BCUT2D eigenvalue weighted by atomic mass is 16.7. The predicted molar refractivity (Wildman–Crippen MR) is 110 cm³/mol. The monoisotopic (exact) mass is 388 g/mol. The quantitative estimate of drug-likeness (QED) is 0.676. The number of fused-ring (bicyclic) bond motifs is 2. The van der Waals surface area contributed by atoms with E-state index in [4.69, 9.17) is 9.47 Å². The first kappa shape index (κ1) is 17.4. The zero-order chi connectivity index (χ0) is 20.1. The minimum Gasteiger partial charge on any atom is -0.507 e. The molecular formula is C23H20N2O4. The highest BCUT2D eigenvalue weighted by Gasteiger charge is 2.35. The van der Waals surface area contributed by atoms with Crippen molar-refractivity contribution in [1.29, 1.82) is 0 Å². The zero-order valence-corrected chi connectivity index (χ0v) is 16.1. The third-order valence-corrected chi connectivity index (χ3v) is 5.39. The van der Waals surface area contributed by atoms with E-state index in [-0.39, 0.29) is 18.4 Å². The molecule has 1 amide bonds. The number of hydrogen-bond donors (Lipinski definition) is 2. The third kappa shape index (κ3) is 2.76.